The van der Waals surface area contributed by atoms with Crippen LogP contribution >= 0.6 is 0 Å². The number of rotatable bonds is 8. The van der Waals surface area contributed by atoms with E-state index in [0.29, 0.717) is 35.1 Å². The maximum atomic E-state index is 14.1. The van der Waals surface area contributed by atoms with E-state index in [0.717, 1.165) is 12.8 Å². The van der Waals surface area contributed by atoms with Crippen LogP contribution in [0.1, 0.15) is 37.7 Å². The topological polar surface area (TPSA) is 101 Å². The molecule has 7 nitrogen and oxygen atoms in total. The van der Waals surface area contributed by atoms with Crippen molar-refractivity contribution in [1.82, 2.24) is 15.0 Å². The van der Waals surface area contributed by atoms with Gasteiger partial charge in [-0.2, -0.15) is 4.98 Å². The molecule has 0 saturated heterocycles. The van der Waals surface area contributed by atoms with E-state index in [9.17, 15) is 13.0 Å². The molecule has 2 N–H and O–H groups in total. The monoisotopic (exact) mass is 487 g/mol. The van der Waals surface area contributed by atoms with E-state index in [1.165, 1.54) is 56.1 Å². The van der Waals surface area contributed by atoms with E-state index in [1.807, 2.05) is 0 Å². The van der Waals surface area contributed by atoms with Gasteiger partial charge in [0.25, 0.3) is 0 Å². The van der Waals surface area contributed by atoms with E-state index < -0.39 is 21.4 Å². The lowest BCUT2D eigenvalue weighted by Crippen LogP contribution is -2.15. The van der Waals surface area contributed by atoms with E-state index in [-0.39, 0.29) is 17.5 Å². The highest BCUT2D eigenvalue weighted by Gasteiger charge is 2.17. The Hall–Kier alpha value is -3.14. The maximum absolute atomic E-state index is 14.1. The molecule has 1 unspecified atom stereocenters. The largest absolute Gasteiger partial charge is 0.492 e. The van der Waals surface area contributed by atoms with Crippen molar-refractivity contribution < 1.29 is 17.7 Å². The summed E-state index contributed by atoms with van der Waals surface area (Å²) in [6.45, 7) is 0.509. The lowest BCUT2D eigenvalue weighted by atomic mass is 9.90. The number of ether oxygens (including phenoxy) is 1. The number of benzene rings is 2. The molecule has 0 aliphatic heterocycles. The highest BCUT2D eigenvalue weighted by atomic mass is 32.2. The van der Waals surface area contributed by atoms with Gasteiger partial charge in [0.1, 0.15) is 23.7 Å². The standard InChI is InChI=1S/C24H27F2N5O2S/c1-34(27,32)14-17-9-19(26)11-20(10-17)30-24-29-15-28-23(31-24)21-8-7-18(25)12-22(21)33-13-16-5-3-2-4-6-16/h7-12,15-16,27H,2-6,13-14H2,1H3,(H,28,29,30,31). The summed E-state index contributed by atoms with van der Waals surface area (Å²) in [6.07, 6.45) is 8.44. The van der Waals surface area contributed by atoms with Gasteiger partial charge in [-0.1, -0.05) is 19.3 Å². The van der Waals surface area contributed by atoms with Crippen LogP contribution in [0.15, 0.2) is 42.7 Å². The summed E-state index contributed by atoms with van der Waals surface area (Å²) in [4.78, 5) is 12.7. The van der Waals surface area contributed by atoms with Crippen molar-refractivity contribution in [2.75, 3.05) is 18.2 Å². The fourth-order valence-corrected chi connectivity index (χ4v) is 4.90. The summed E-state index contributed by atoms with van der Waals surface area (Å²) in [5.74, 6) is 0.244. The Morgan fingerprint density at radius 3 is 2.65 bits per heavy atom. The molecule has 180 valence electrons. The second-order valence-corrected chi connectivity index (χ2v) is 11.0. The predicted molar refractivity (Wildman–Crippen MR) is 127 cm³/mol. The summed E-state index contributed by atoms with van der Waals surface area (Å²) < 4.78 is 53.4. The molecule has 1 heterocycles. The van der Waals surface area contributed by atoms with Gasteiger partial charge in [-0.05, 0) is 54.7 Å². The first kappa shape index (κ1) is 24.0. The molecule has 0 spiro atoms. The highest BCUT2D eigenvalue weighted by Crippen LogP contribution is 2.31. The van der Waals surface area contributed by atoms with Crippen LogP contribution in [0, 0.1) is 22.3 Å². The van der Waals surface area contributed by atoms with Crippen LogP contribution in [0.5, 0.6) is 5.75 Å². The molecule has 10 heteroatoms. The van der Waals surface area contributed by atoms with Gasteiger partial charge in [-0.25, -0.2) is 23.0 Å². The van der Waals surface area contributed by atoms with Gasteiger partial charge in [-0.3, -0.25) is 4.78 Å². The summed E-state index contributed by atoms with van der Waals surface area (Å²) in [5.41, 5.74) is 1.31. The van der Waals surface area contributed by atoms with Gasteiger partial charge in [-0.15, -0.1) is 0 Å². The summed E-state index contributed by atoms with van der Waals surface area (Å²) >= 11 is 0. The predicted octanol–water partition coefficient (Wildman–Crippen LogP) is 5.70. The van der Waals surface area contributed by atoms with Gasteiger partial charge in [0.15, 0.2) is 5.82 Å². The number of aromatic nitrogens is 3. The molecule has 2 aromatic carbocycles. The lowest BCUT2D eigenvalue weighted by Gasteiger charge is -2.22. The quantitative estimate of drug-likeness (QED) is 0.423. The van der Waals surface area contributed by atoms with Crippen LogP contribution in [-0.4, -0.2) is 32.0 Å². The first-order valence-electron chi connectivity index (χ1n) is 11.1. The average molecular weight is 488 g/mol. The molecule has 0 radical (unpaired) electrons. The fourth-order valence-electron chi connectivity index (χ4n) is 4.10. The Morgan fingerprint density at radius 2 is 1.88 bits per heavy atom. The molecule has 1 atom stereocenters. The van der Waals surface area contributed by atoms with Gasteiger partial charge in [0.05, 0.1) is 17.9 Å². The van der Waals surface area contributed by atoms with E-state index in [1.54, 1.807) is 12.1 Å². The number of anilines is 2. The van der Waals surface area contributed by atoms with Crippen molar-refractivity contribution in [3.63, 3.8) is 0 Å². The molecule has 4 rings (SSSR count). The number of hydrogen-bond donors (Lipinski definition) is 2. The molecule has 1 fully saturated rings. The first-order valence-corrected chi connectivity index (χ1v) is 13.3. The zero-order valence-electron chi connectivity index (χ0n) is 18.9. The van der Waals surface area contributed by atoms with Crippen LogP contribution in [0.2, 0.25) is 0 Å². The maximum Gasteiger partial charge on any atom is 0.230 e. The molecule has 1 aliphatic rings. The Bertz CT molecular complexity index is 1260. The molecule has 0 amide bonds. The van der Waals surface area contributed by atoms with Crippen molar-refractivity contribution in [2.45, 2.75) is 37.9 Å². The molecular weight excluding hydrogens is 460 g/mol. The second kappa shape index (κ2) is 10.4. The fraction of sp³-hybridized carbons (Fsp3) is 0.375. The minimum atomic E-state index is -2.83. The van der Waals surface area contributed by atoms with Crippen molar-refractivity contribution in [2.24, 2.45) is 5.92 Å². The summed E-state index contributed by atoms with van der Waals surface area (Å²) in [6, 6.07) is 8.32. The molecule has 1 saturated carbocycles. The minimum Gasteiger partial charge on any atom is -0.492 e. The third-order valence-corrected chi connectivity index (χ3v) is 6.50. The normalized spacial score (nSPS) is 16.1. The second-order valence-electron chi connectivity index (χ2n) is 8.71. The van der Waals surface area contributed by atoms with Crippen molar-refractivity contribution >= 4 is 21.4 Å². The molecule has 3 aromatic rings. The van der Waals surface area contributed by atoms with E-state index >= 15 is 0 Å². The third-order valence-electron chi connectivity index (χ3n) is 5.61. The minimum absolute atomic E-state index is 0.0703. The Labute approximate surface area is 198 Å². The number of hydrogen-bond acceptors (Lipinski definition) is 7. The smallest absolute Gasteiger partial charge is 0.230 e. The Morgan fingerprint density at radius 1 is 1.09 bits per heavy atom. The molecule has 1 aromatic heterocycles. The van der Waals surface area contributed by atoms with E-state index in [4.69, 9.17) is 9.52 Å². The van der Waals surface area contributed by atoms with E-state index in [2.05, 4.69) is 20.3 Å². The third kappa shape index (κ3) is 6.69. The lowest BCUT2D eigenvalue weighted by molar-refractivity contribution is 0.209. The number of halogens is 2. The number of nitrogens with one attached hydrogen (secondary N) is 2. The average Bonchev–Trinajstić information content (AvgIpc) is 2.77. The SMILES string of the molecule is CS(=N)(=O)Cc1cc(F)cc(Nc2ncnc(-c3ccc(F)cc3OCC3CCCCC3)n2)c1. The Balaban J connectivity index is 1.56. The van der Waals surface area contributed by atoms with Crippen LogP contribution < -0.4 is 10.1 Å². The zero-order chi connectivity index (χ0) is 24.1. The molecule has 0 bridgehead atoms. The van der Waals surface area contributed by atoms with Gasteiger partial charge in [0, 0.05) is 27.7 Å². The van der Waals surface area contributed by atoms with Crippen molar-refractivity contribution in [3.8, 4) is 17.1 Å². The van der Waals surface area contributed by atoms with Crippen LogP contribution in [-0.2, 0) is 15.5 Å². The van der Waals surface area contributed by atoms with Crippen LogP contribution in [0.25, 0.3) is 11.4 Å². The summed E-state index contributed by atoms with van der Waals surface area (Å²) in [7, 11) is -2.83. The molecule has 34 heavy (non-hydrogen) atoms. The Kier molecular flexibility index (Phi) is 7.35. The van der Waals surface area contributed by atoms with Crippen molar-refractivity contribution in [1.29, 1.82) is 4.78 Å². The van der Waals surface area contributed by atoms with Crippen LogP contribution in [0.4, 0.5) is 20.4 Å². The van der Waals surface area contributed by atoms with Gasteiger partial charge < -0.3 is 10.1 Å². The van der Waals surface area contributed by atoms with Gasteiger partial charge >= 0.3 is 0 Å². The summed E-state index contributed by atoms with van der Waals surface area (Å²) in [5, 5.41) is 2.92. The number of nitrogens with zero attached hydrogens (tertiary/aromatic N) is 3. The first-order chi connectivity index (χ1) is 16.2. The highest BCUT2D eigenvalue weighted by molar-refractivity contribution is 7.90. The van der Waals surface area contributed by atoms with Crippen LogP contribution in [0.3, 0.4) is 0 Å². The van der Waals surface area contributed by atoms with Gasteiger partial charge in [0.2, 0.25) is 5.95 Å². The molecular formula is C24H27F2N5O2S. The van der Waals surface area contributed by atoms with Crippen molar-refractivity contribution in [3.05, 3.63) is 59.9 Å². The molecule has 1 aliphatic carbocycles. The zero-order valence-corrected chi connectivity index (χ0v) is 19.7.